The number of aromatic nitrogens is 3. The van der Waals surface area contributed by atoms with E-state index in [9.17, 15) is 9.59 Å². The largest absolute Gasteiger partial charge is 0.465 e. The van der Waals surface area contributed by atoms with Crippen molar-refractivity contribution < 1.29 is 14.3 Å². The average molecular weight is 366 g/mol. The number of carbonyl (C=O) groups is 2. The smallest absolute Gasteiger partial charge is 0.340 e. The van der Waals surface area contributed by atoms with Crippen LogP contribution in [0.25, 0.3) is 11.0 Å². The number of esters is 1. The summed E-state index contributed by atoms with van der Waals surface area (Å²) in [6, 6.07) is 7.19. The van der Waals surface area contributed by atoms with Gasteiger partial charge in [-0.3, -0.25) is 4.79 Å². The number of ether oxygens (including phenoxy) is 1. The number of hydrogen-bond acceptors (Lipinski definition) is 5. The number of methoxy groups -OCH3 is 1. The van der Waals surface area contributed by atoms with Crippen molar-refractivity contribution >= 4 is 28.6 Å². The molecule has 1 aromatic carbocycles. The van der Waals surface area contributed by atoms with Crippen LogP contribution in [0.2, 0.25) is 0 Å². The van der Waals surface area contributed by atoms with Crippen LogP contribution in [0.1, 0.15) is 51.9 Å². The van der Waals surface area contributed by atoms with Crippen LogP contribution in [0.4, 0.5) is 5.69 Å². The molecule has 0 unspecified atom stereocenters. The van der Waals surface area contributed by atoms with E-state index in [-0.39, 0.29) is 11.9 Å². The first-order chi connectivity index (χ1) is 12.8. The molecule has 0 spiro atoms. The minimum Gasteiger partial charge on any atom is -0.465 e. The van der Waals surface area contributed by atoms with Gasteiger partial charge in [0.2, 0.25) is 0 Å². The lowest BCUT2D eigenvalue weighted by atomic mass is 10.1. The molecule has 1 N–H and O–H groups in total. The van der Waals surface area contributed by atoms with Crippen molar-refractivity contribution in [1.29, 1.82) is 0 Å². The van der Waals surface area contributed by atoms with Gasteiger partial charge in [-0.15, -0.1) is 0 Å². The molecule has 0 saturated carbocycles. The summed E-state index contributed by atoms with van der Waals surface area (Å²) in [5.74, 6) is -0.832. The number of nitrogens with one attached hydrogen (secondary N) is 1. The molecule has 0 aliphatic heterocycles. The second kappa shape index (κ2) is 7.19. The van der Waals surface area contributed by atoms with E-state index in [4.69, 9.17) is 4.74 Å². The molecule has 1 amide bonds. The number of fused-ring (bicyclic) bond motifs is 1. The van der Waals surface area contributed by atoms with Gasteiger partial charge in [-0.25, -0.2) is 14.5 Å². The standard InChI is InChI=1S/C20H22N4O3/c1-11(2)24-18-14(10-21-24)9-15(13(4)22-18)19(25)23-16-8-6-7-12(3)17(16)20(26)27-5/h6-11H,1-5H3,(H,23,25). The van der Waals surface area contributed by atoms with Crippen molar-refractivity contribution in [2.45, 2.75) is 33.7 Å². The molecule has 2 heterocycles. The SMILES string of the molecule is COC(=O)c1c(C)cccc1NC(=O)c1cc2cnn(C(C)C)c2nc1C. The van der Waals surface area contributed by atoms with E-state index in [1.165, 1.54) is 7.11 Å². The Morgan fingerprint density at radius 3 is 2.63 bits per heavy atom. The highest BCUT2D eigenvalue weighted by Crippen LogP contribution is 2.23. The second-order valence-electron chi connectivity index (χ2n) is 6.66. The van der Waals surface area contributed by atoms with Crippen molar-refractivity contribution in [2.24, 2.45) is 0 Å². The maximum atomic E-state index is 12.9. The molecule has 0 atom stereocenters. The molecule has 0 radical (unpaired) electrons. The van der Waals surface area contributed by atoms with E-state index in [1.54, 1.807) is 44.3 Å². The maximum absolute atomic E-state index is 12.9. The molecule has 27 heavy (non-hydrogen) atoms. The summed E-state index contributed by atoms with van der Waals surface area (Å²) in [5, 5.41) is 7.94. The van der Waals surface area contributed by atoms with E-state index >= 15 is 0 Å². The summed E-state index contributed by atoms with van der Waals surface area (Å²) in [4.78, 5) is 29.5. The Morgan fingerprint density at radius 1 is 1.22 bits per heavy atom. The number of hydrogen-bond donors (Lipinski definition) is 1. The van der Waals surface area contributed by atoms with Crippen molar-refractivity contribution in [1.82, 2.24) is 14.8 Å². The van der Waals surface area contributed by atoms with Crippen LogP contribution in [0.15, 0.2) is 30.5 Å². The maximum Gasteiger partial charge on any atom is 0.340 e. The quantitative estimate of drug-likeness (QED) is 0.712. The van der Waals surface area contributed by atoms with E-state index in [0.717, 1.165) is 16.6 Å². The van der Waals surface area contributed by atoms with Crippen LogP contribution in [-0.4, -0.2) is 33.8 Å². The summed E-state index contributed by atoms with van der Waals surface area (Å²) in [6.45, 7) is 7.62. The topological polar surface area (TPSA) is 86.1 Å². The first-order valence-corrected chi connectivity index (χ1v) is 8.67. The minimum atomic E-state index is -0.494. The zero-order valence-electron chi connectivity index (χ0n) is 16.0. The van der Waals surface area contributed by atoms with Gasteiger partial charge in [0, 0.05) is 11.4 Å². The molecule has 0 saturated heterocycles. The molecule has 3 aromatic rings. The Hall–Kier alpha value is -3.22. The lowest BCUT2D eigenvalue weighted by Gasteiger charge is -2.13. The fraction of sp³-hybridized carbons (Fsp3) is 0.300. The average Bonchev–Trinajstić information content (AvgIpc) is 3.03. The highest BCUT2D eigenvalue weighted by molar-refractivity contribution is 6.10. The predicted molar refractivity (Wildman–Crippen MR) is 103 cm³/mol. The van der Waals surface area contributed by atoms with Crippen LogP contribution in [-0.2, 0) is 4.74 Å². The number of rotatable bonds is 4. The molecular weight excluding hydrogens is 344 g/mol. The highest BCUT2D eigenvalue weighted by Gasteiger charge is 2.19. The zero-order valence-corrected chi connectivity index (χ0v) is 16.0. The fourth-order valence-electron chi connectivity index (χ4n) is 3.01. The molecule has 0 aliphatic carbocycles. The number of pyridine rings is 1. The van der Waals surface area contributed by atoms with Gasteiger partial charge in [-0.2, -0.15) is 5.10 Å². The molecule has 0 aliphatic rings. The minimum absolute atomic E-state index is 0.170. The van der Waals surface area contributed by atoms with E-state index in [1.807, 2.05) is 18.5 Å². The Balaban J connectivity index is 1.99. The van der Waals surface area contributed by atoms with Crippen LogP contribution in [0.3, 0.4) is 0 Å². The molecule has 3 rings (SSSR count). The Morgan fingerprint density at radius 2 is 1.96 bits per heavy atom. The van der Waals surface area contributed by atoms with Crippen LogP contribution < -0.4 is 5.32 Å². The van der Waals surface area contributed by atoms with Gasteiger partial charge in [0.1, 0.15) is 0 Å². The number of aryl methyl sites for hydroxylation is 2. The van der Waals surface area contributed by atoms with Crippen molar-refractivity contribution in [3.63, 3.8) is 0 Å². The summed E-state index contributed by atoms with van der Waals surface area (Å²) in [7, 11) is 1.31. The Bertz CT molecular complexity index is 1040. The van der Waals surface area contributed by atoms with Gasteiger partial charge in [-0.05, 0) is 45.4 Å². The third-order valence-electron chi connectivity index (χ3n) is 4.40. The van der Waals surface area contributed by atoms with Gasteiger partial charge in [0.05, 0.1) is 35.8 Å². The highest BCUT2D eigenvalue weighted by atomic mass is 16.5. The van der Waals surface area contributed by atoms with Gasteiger partial charge < -0.3 is 10.1 Å². The van der Waals surface area contributed by atoms with Gasteiger partial charge >= 0.3 is 5.97 Å². The molecule has 2 aromatic heterocycles. The zero-order chi connectivity index (χ0) is 19.7. The van der Waals surface area contributed by atoms with Gasteiger partial charge in [0.25, 0.3) is 5.91 Å². The lowest BCUT2D eigenvalue weighted by Crippen LogP contribution is -2.18. The van der Waals surface area contributed by atoms with Gasteiger partial charge in [-0.1, -0.05) is 12.1 Å². The van der Waals surface area contributed by atoms with Crippen molar-refractivity contribution in [3.05, 3.63) is 52.8 Å². The molecule has 7 heteroatoms. The monoisotopic (exact) mass is 366 g/mol. The second-order valence-corrected chi connectivity index (χ2v) is 6.66. The van der Waals surface area contributed by atoms with Crippen LogP contribution in [0.5, 0.6) is 0 Å². The molecule has 0 bridgehead atoms. The summed E-state index contributed by atoms with van der Waals surface area (Å²) >= 11 is 0. The van der Waals surface area contributed by atoms with Crippen LogP contribution >= 0.6 is 0 Å². The molecule has 140 valence electrons. The van der Waals surface area contributed by atoms with Gasteiger partial charge in [0.15, 0.2) is 5.65 Å². The third kappa shape index (κ3) is 3.40. The third-order valence-corrected chi connectivity index (χ3v) is 4.40. The van der Waals surface area contributed by atoms with E-state index < -0.39 is 5.97 Å². The first kappa shape index (κ1) is 18.6. The lowest BCUT2D eigenvalue weighted by molar-refractivity contribution is 0.0601. The molecular formula is C20H22N4O3. The number of benzene rings is 1. The first-order valence-electron chi connectivity index (χ1n) is 8.67. The number of carbonyl (C=O) groups excluding carboxylic acids is 2. The Kier molecular flexibility index (Phi) is 4.94. The summed E-state index contributed by atoms with van der Waals surface area (Å²) in [5.41, 5.74) is 3.24. The Labute approximate surface area is 157 Å². The van der Waals surface area contributed by atoms with Crippen molar-refractivity contribution in [3.8, 4) is 0 Å². The van der Waals surface area contributed by atoms with E-state index in [2.05, 4.69) is 15.4 Å². The summed E-state index contributed by atoms with van der Waals surface area (Å²) < 4.78 is 6.66. The predicted octanol–water partition coefficient (Wildman–Crippen LogP) is 3.67. The summed E-state index contributed by atoms with van der Waals surface area (Å²) in [6.07, 6.45) is 1.70. The van der Waals surface area contributed by atoms with Crippen LogP contribution in [0, 0.1) is 13.8 Å². The number of anilines is 1. The van der Waals surface area contributed by atoms with Crippen molar-refractivity contribution in [2.75, 3.05) is 12.4 Å². The van der Waals surface area contributed by atoms with E-state index in [0.29, 0.717) is 22.5 Å². The number of amides is 1. The molecule has 0 fully saturated rings. The normalized spacial score (nSPS) is 11.0. The fourth-order valence-corrected chi connectivity index (χ4v) is 3.01. The molecule has 7 nitrogen and oxygen atoms in total. The number of nitrogens with zero attached hydrogens (tertiary/aromatic N) is 3.